The van der Waals surface area contributed by atoms with Crippen LogP contribution in [0.3, 0.4) is 0 Å². The van der Waals surface area contributed by atoms with Crippen LogP contribution in [-0.2, 0) is 22.0 Å². The Labute approximate surface area is 211 Å². The van der Waals surface area contributed by atoms with E-state index in [1.807, 2.05) is 36.3 Å². The van der Waals surface area contributed by atoms with E-state index in [-0.39, 0.29) is 41.8 Å². The molecule has 2 aliphatic heterocycles. The molecule has 32 heavy (non-hydrogen) atoms. The summed E-state index contributed by atoms with van der Waals surface area (Å²) in [5, 5.41) is 8.48. The molecule has 0 atom stereocenters. The zero-order chi connectivity index (χ0) is 21.8. The molecule has 4 rings (SSSR count). The first-order chi connectivity index (χ1) is 15.0. The van der Waals surface area contributed by atoms with Crippen LogP contribution in [0.25, 0.3) is 0 Å². The highest BCUT2D eigenvalue weighted by Gasteiger charge is 2.37. The lowest BCUT2D eigenvalue weighted by atomic mass is 9.74. The summed E-state index contributed by atoms with van der Waals surface area (Å²) < 4.78 is 7.34. The minimum Gasteiger partial charge on any atom is -0.381 e. The predicted octanol–water partition coefficient (Wildman–Crippen LogP) is 2.66. The van der Waals surface area contributed by atoms with E-state index in [9.17, 15) is 4.79 Å². The summed E-state index contributed by atoms with van der Waals surface area (Å²) in [6.07, 6.45) is 5.35. The third-order valence-electron chi connectivity index (χ3n) is 6.21. The number of rotatable bonds is 4. The summed E-state index contributed by atoms with van der Waals surface area (Å²) in [5.41, 5.74) is 1.84. The average molecular weight is 573 g/mol. The van der Waals surface area contributed by atoms with Crippen molar-refractivity contribution in [3.05, 3.63) is 47.2 Å². The summed E-state index contributed by atoms with van der Waals surface area (Å²) in [6.45, 7) is 3.65. The first kappa shape index (κ1) is 24.8. The Hall–Kier alpha value is -1.85. The maximum absolute atomic E-state index is 12.8. The second-order valence-corrected chi connectivity index (χ2v) is 8.52. The highest BCUT2D eigenvalue weighted by Crippen LogP contribution is 2.38. The summed E-state index contributed by atoms with van der Waals surface area (Å²) in [6, 6.07) is 8.04. The second kappa shape index (κ2) is 10.8. The summed E-state index contributed by atoms with van der Waals surface area (Å²) in [4.78, 5) is 21.0. The van der Waals surface area contributed by atoms with Gasteiger partial charge in [-0.15, -0.1) is 24.0 Å². The van der Waals surface area contributed by atoms with Crippen molar-refractivity contribution in [3.63, 3.8) is 0 Å². The number of carbonyl (C=O) groups is 1. The van der Waals surface area contributed by atoms with Crippen molar-refractivity contribution in [2.45, 2.75) is 18.3 Å². The minimum atomic E-state index is -0.131. The monoisotopic (exact) mass is 572 g/mol. The van der Waals surface area contributed by atoms with Crippen molar-refractivity contribution in [1.82, 2.24) is 20.0 Å². The summed E-state index contributed by atoms with van der Waals surface area (Å²) in [7, 11) is 3.60. The molecule has 0 saturated carbocycles. The smallest absolute Gasteiger partial charge is 0.246 e. The van der Waals surface area contributed by atoms with Gasteiger partial charge in [0.15, 0.2) is 5.96 Å². The molecular formula is C22H30ClIN6O2. The van der Waals surface area contributed by atoms with Gasteiger partial charge in [-0.3, -0.25) is 14.5 Å². The summed E-state index contributed by atoms with van der Waals surface area (Å²) in [5.74, 6) is 0.770. The molecule has 0 bridgehead atoms. The first-order valence-electron chi connectivity index (χ1n) is 10.6. The van der Waals surface area contributed by atoms with Crippen LogP contribution in [0.1, 0.15) is 18.4 Å². The molecule has 1 amide bonds. The molecule has 1 aromatic heterocycles. The van der Waals surface area contributed by atoms with Gasteiger partial charge in [-0.2, -0.15) is 5.10 Å². The number of aromatic nitrogens is 2. The Morgan fingerprint density at radius 2 is 2.03 bits per heavy atom. The SMILES string of the molecule is CN=C(NCC1(c2ccccc2Cl)CCOCC1)N1CCN(c2cnn(C)c2)C(=O)C1.I. The van der Waals surface area contributed by atoms with Crippen molar-refractivity contribution in [2.75, 3.05) is 51.3 Å². The normalized spacial score (nSPS) is 19.0. The topological polar surface area (TPSA) is 75.0 Å². The van der Waals surface area contributed by atoms with Gasteiger partial charge in [0.2, 0.25) is 5.91 Å². The van der Waals surface area contributed by atoms with E-state index in [0.717, 1.165) is 35.1 Å². The molecule has 1 aromatic carbocycles. The molecule has 2 saturated heterocycles. The van der Waals surface area contributed by atoms with E-state index in [0.29, 0.717) is 32.8 Å². The number of anilines is 1. The highest BCUT2D eigenvalue weighted by molar-refractivity contribution is 14.0. The number of guanidine groups is 1. The van der Waals surface area contributed by atoms with Crippen LogP contribution in [-0.4, -0.2) is 73.0 Å². The highest BCUT2D eigenvalue weighted by atomic mass is 127. The fraction of sp³-hybridized carbons (Fsp3) is 0.500. The predicted molar refractivity (Wildman–Crippen MR) is 137 cm³/mol. The number of hydrogen-bond acceptors (Lipinski definition) is 4. The van der Waals surface area contributed by atoms with Crippen LogP contribution in [0.2, 0.25) is 5.02 Å². The molecule has 2 aliphatic rings. The molecule has 2 aromatic rings. The van der Waals surface area contributed by atoms with Gasteiger partial charge in [-0.25, -0.2) is 0 Å². The molecule has 1 N–H and O–H groups in total. The van der Waals surface area contributed by atoms with Gasteiger partial charge in [-0.1, -0.05) is 29.8 Å². The van der Waals surface area contributed by atoms with Gasteiger partial charge < -0.3 is 19.9 Å². The van der Waals surface area contributed by atoms with E-state index < -0.39 is 0 Å². The fourth-order valence-corrected chi connectivity index (χ4v) is 4.79. The Bertz CT molecular complexity index is 959. The minimum absolute atomic E-state index is 0. The van der Waals surface area contributed by atoms with Crippen molar-refractivity contribution in [2.24, 2.45) is 12.0 Å². The number of nitrogens with zero attached hydrogens (tertiary/aromatic N) is 5. The van der Waals surface area contributed by atoms with Gasteiger partial charge in [0.1, 0.15) is 6.54 Å². The van der Waals surface area contributed by atoms with E-state index in [2.05, 4.69) is 21.5 Å². The van der Waals surface area contributed by atoms with E-state index in [1.54, 1.807) is 22.8 Å². The number of hydrogen-bond donors (Lipinski definition) is 1. The van der Waals surface area contributed by atoms with Crippen molar-refractivity contribution < 1.29 is 9.53 Å². The van der Waals surface area contributed by atoms with Crippen LogP contribution < -0.4 is 10.2 Å². The van der Waals surface area contributed by atoms with Gasteiger partial charge in [0, 0.05) is 63.6 Å². The summed E-state index contributed by atoms with van der Waals surface area (Å²) >= 11 is 6.57. The number of aryl methyl sites for hydroxylation is 1. The first-order valence-corrected chi connectivity index (χ1v) is 11.0. The van der Waals surface area contributed by atoms with Crippen LogP contribution in [0.15, 0.2) is 41.7 Å². The van der Waals surface area contributed by atoms with Gasteiger partial charge in [-0.05, 0) is 24.5 Å². The largest absolute Gasteiger partial charge is 0.381 e. The van der Waals surface area contributed by atoms with Crippen LogP contribution >= 0.6 is 35.6 Å². The molecule has 8 nitrogen and oxygen atoms in total. The Balaban J connectivity index is 0.00000289. The molecule has 0 aliphatic carbocycles. The second-order valence-electron chi connectivity index (χ2n) is 8.11. The maximum atomic E-state index is 12.8. The molecule has 2 fully saturated rings. The van der Waals surface area contributed by atoms with Crippen molar-refractivity contribution >= 4 is 53.1 Å². The number of nitrogens with one attached hydrogen (secondary N) is 1. The fourth-order valence-electron chi connectivity index (χ4n) is 4.45. The molecule has 3 heterocycles. The third kappa shape index (κ3) is 5.20. The number of piperazine rings is 1. The van der Waals surface area contributed by atoms with Gasteiger partial charge in [0.25, 0.3) is 0 Å². The number of halogens is 2. The van der Waals surface area contributed by atoms with Crippen LogP contribution in [0.4, 0.5) is 5.69 Å². The number of amides is 1. The lowest BCUT2D eigenvalue weighted by Gasteiger charge is -2.40. The van der Waals surface area contributed by atoms with Gasteiger partial charge >= 0.3 is 0 Å². The Morgan fingerprint density at radius 3 is 2.66 bits per heavy atom. The molecule has 0 spiro atoms. The lowest BCUT2D eigenvalue weighted by molar-refractivity contribution is -0.120. The molecule has 10 heteroatoms. The third-order valence-corrected chi connectivity index (χ3v) is 6.54. The molecular weight excluding hydrogens is 543 g/mol. The molecule has 0 radical (unpaired) electrons. The van der Waals surface area contributed by atoms with Crippen molar-refractivity contribution in [3.8, 4) is 0 Å². The van der Waals surface area contributed by atoms with Crippen LogP contribution in [0, 0.1) is 0 Å². The number of ether oxygens (including phenoxy) is 1. The van der Waals surface area contributed by atoms with E-state index >= 15 is 0 Å². The Morgan fingerprint density at radius 1 is 1.28 bits per heavy atom. The maximum Gasteiger partial charge on any atom is 0.246 e. The Kier molecular flexibility index (Phi) is 8.40. The quantitative estimate of drug-likeness (QED) is 0.347. The molecule has 174 valence electrons. The van der Waals surface area contributed by atoms with Crippen LogP contribution in [0.5, 0.6) is 0 Å². The van der Waals surface area contributed by atoms with E-state index in [1.165, 1.54) is 0 Å². The van der Waals surface area contributed by atoms with E-state index in [4.69, 9.17) is 16.3 Å². The standard InChI is InChI=1S/C22H29ClN6O2.HI/c1-24-21(28-9-10-29(20(30)15-28)17-13-26-27(2)14-17)25-16-22(7-11-31-12-8-22)18-5-3-4-6-19(18)23;/h3-6,13-14H,7-12,15-16H2,1-2H3,(H,24,25);1H. The average Bonchev–Trinajstić information content (AvgIpc) is 3.21. The number of benzene rings is 1. The van der Waals surface area contributed by atoms with Crippen molar-refractivity contribution in [1.29, 1.82) is 0 Å². The zero-order valence-corrected chi connectivity index (χ0v) is 21.5. The molecule has 0 unspecified atom stereocenters. The zero-order valence-electron chi connectivity index (χ0n) is 18.5. The number of aliphatic imine (C=N–C) groups is 1. The van der Waals surface area contributed by atoms with Gasteiger partial charge in [0.05, 0.1) is 11.9 Å². The number of carbonyl (C=O) groups excluding carboxylic acids is 1. The lowest BCUT2D eigenvalue weighted by Crippen LogP contribution is -2.57.